The quantitative estimate of drug-likeness (QED) is 0.643. The summed E-state index contributed by atoms with van der Waals surface area (Å²) in [5, 5.41) is 4.30. The van der Waals surface area contributed by atoms with Gasteiger partial charge in [-0.1, -0.05) is 6.07 Å². The highest BCUT2D eigenvalue weighted by atomic mass is 32.2. The number of halogens is 4. The molecule has 0 radical (unpaired) electrons. The molecule has 0 unspecified atom stereocenters. The highest BCUT2D eigenvalue weighted by molar-refractivity contribution is 7.92. The fourth-order valence-corrected chi connectivity index (χ4v) is 3.77. The topological polar surface area (TPSA) is 64.0 Å². The summed E-state index contributed by atoms with van der Waals surface area (Å²) in [7, 11) is -4.36. The first-order chi connectivity index (χ1) is 13.0. The van der Waals surface area contributed by atoms with Crippen molar-refractivity contribution in [3.8, 4) is 5.69 Å². The van der Waals surface area contributed by atoms with Crippen molar-refractivity contribution in [2.24, 2.45) is 0 Å². The molecule has 1 heterocycles. The van der Waals surface area contributed by atoms with Crippen LogP contribution in [0.1, 0.15) is 17.0 Å². The number of nitrogens with one attached hydrogen (secondary N) is 1. The van der Waals surface area contributed by atoms with E-state index in [0.29, 0.717) is 11.8 Å². The van der Waals surface area contributed by atoms with Crippen molar-refractivity contribution in [2.45, 2.75) is 24.9 Å². The van der Waals surface area contributed by atoms with Gasteiger partial charge in [0.1, 0.15) is 5.82 Å². The fourth-order valence-electron chi connectivity index (χ4n) is 2.69. The maximum Gasteiger partial charge on any atom is 0.419 e. The summed E-state index contributed by atoms with van der Waals surface area (Å²) in [6.07, 6.45) is -5.01. The molecule has 148 valence electrons. The van der Waals surface area contributed by atoms with Crippen LogP contribution in [0.3, 0.4) is 0 Å². The zero-order valence-corrected chi connectivity index (χ0v) is 15.6. The Bertz CT molecular complexity index is 1140. The Labute approximate surface area is 158 Å². The lowest BCUT2D eigenvalue weighted by molar-refractivity contribution is -0.140. The molecule has 0 atom stereocenters. The molecule has 0 saturated carbocycles. The molecular formula is C18H15F4N3O2S. The molecule has 0 amide bonds. The molecule has 28 heavy (non-hydrogen) atoms. The molecule has 0 aliphatic heterocycles. The van der Waals surface area contributed by atoms with E-state index in [1.54, 1.807) is 16.8 Å². The van der Waals surface area contributed by atoms with E-state index in [9.17, 15) is 26.0 Å². The molecule has 5 nitrogen and oxygen atoms in total. The van der Waals surface area contributed by atoms with E-state index in [2.05, 4.69) is 9.82 Å². The number of rotatable bonds is 4. The van der Waals surface area contributed by atoms with Crippen LogP contribution < -0.4 is 4.72 Å². The standard InChI is InChI=1S/C18H15F4N3O2S/c1-11-8-12(2)25(23-11)14-5-3-4-13(9-14)24-28(26,27)15-6-7-17(19)16(10-15)18(20,21)22/h3-10,24H,1-2H3. The van der Waals surface area contributed by atoms with Crippen molar-refractivity contribution in [3.05, 3.63) is 71.3 Å². The van der Waals surface area contributed by atoms with Crippen LogP contribution >= 0.6 is 0 Å². The average molecular weight is 413 g/mol. The van der Waals surface area contributed by atoms with Crippen LogP contribution in [-0.2, 0) is 16.2 Å². The third kappa shape index (κ3) is 4.01. The molecule has 0 aliphatic carbocycles. The number of aryl methyl sites for hydroxylation is 2. The van der Waals surface area contributed by atoms with Gasteiger partial charge in [-0.3, -0.25) is 4.72 Å². The predicted molar refractivity (Wildman–Crippen MR) is 95.2 cm³/mol. The van der Waals surface area contributed by atoms with E-state index in [1.807, 2.05) is 19.9 Å². The lowest BCUT2D eigenvalue weighted by Crippen LogP contribution is -2.16. The monoisotopic (exact) mass is 413 g/mol. The summed E-state index contributed by atoms with van der Waals surface area (Å²) in [4.78, 5) is -0.697. The Morgan fingerprint density at radius 2 is 1.75 bits per heavy atom. The van der Waals surface area contributed by atoms with E-state index in [4.69, 9.17) is 0 Å². The molecule has 1 aromatic heterocycles. The van der Waals surface area contributed by atoms with Crippen LogP contribution in [0.15, 0.2) is 53.4 Å². The molecular weight excluding hydrogens is 398 g/mol. The summed E-state index contributed by atoms with van der Waals surface area (Å²) in [6, 6.07) is 9.58. The van der Waals surface area contributed by atoms with Gasteiger partial charge in [0.2, 0.25) is 0 Å². The Morgan fingerprint density at radius 1 is 1.04 bits per heavy atom. The number of nitrogens with zero attached hydrogens (tertiary/aromatic N) is 2. The third-order valence-electron chi connectivity index (χ3n) is 3.91. The molecule has 0 saturated heterocycles. The first-order valence-electron chi connectivity index (χ1n) is 8.01. The van der Waals surface area contributed by atoms with Gasteiger partial charge >= 0.3 is 6.18 Å². The van der Waals surface area contributed by atoms with E-state index in [1.165, 1.54) is 12.1 Å². The summed E-state index contributed by atoms with van der Waals surface area (Å²) in [5.74, 6) is -1.54. The number of hydrogen-bond donors (Lipinski definition) is 1. The van der Waals surface area contributed by atoms with Crippen molar-refractivity contribution in [2.75, 3.05) is 4.72 Å². The van der Waals surface area contributed by atoms with Crippen LogP contribution in [0, 0.1) is 19.7 Å². The number of aromatic nitrogens is 2. The Kier molecular flexibility index (Phi) is 4.92. The number of sulfonamides is 1. The van der Waals surface area contributed by atoms with Gasteiger partial charge in [0.15, 0.2) is 0 Å². The van der Waals surface area contributed by atoms with Crippen molar-refractivity contribution in [1.82, 2.24) is 9.78 Å². The van der Waals surface area contributed by atoms with E-state index >= 15 is 0 Å². The second-order valence-electron chi connectivity index (χ2n) is 6.13. The Hall–Kier alpha value is -2.88. The van der Waals surface area contributed by atoms with Crippen LogP contribution in [0.25, 0.3) is 5.69 Å². The zero-order chi connectivity index (χ0) is 20.7. The summed E-state index contributed by atoms with van der Waals surface area (Å²) < 4.78 is 80.8. The number of alkyl halides is 3. The lowest BCUT2D eigenvalue weighted by atomic mass is 10.2. The Morgan fingerprint density at radius 3 is 2.36 bits per heavy atom. The average Bonchev–Trinajstić information content (AvgIpc) is 2.92. The molecule has 2 aromatic carbocycles. The maximum atomic E-state index is 13.4. The van der Waals surface area contributed by atoms with Gasteiger partial charge in [-0.05, 0) is 56.3 Å². The molecule has 10 heteroatoms. The zero-order valence-electron chi connectivity index (χ0n) is 14.7. The number of benzene rings is 2. The van der Waals surface area contributed by atoms with Gasteiger partial charge in [-0.15, -0.1) is 0 Å². The smallest absolute Gasteiger partial charge is 0.280 e. The van der Waals surface area contributed by atoms with Crippen LogP contribution in [0.2, 0.25) is 0 Å². The molecule has 3 aromatic rings. The van der Waals surface area contributed by atoms with Crippen LogP contribution in [-0.4, -0.2) is 18.2 Å². The van der Waals surface area contributed by atoms with Gasteiger partial charge in [0, 0.05) is 5.69 Å². The molecule has 0 aliphatic rings. The SMILES string of the molecule is Cc1cc(C)n(-c2cccc(NS(=O)(=O)c3ccc(F)c(C(F)(F)F)c3)c2)n1. The van der Waals surface area contributed by atoms with E-state index in [-0.39, 0.29) is 11.8 Å². The minimum absolute atomic E-state index is 0.128. The molecule has 3 rings (SSSR count). The normalized spacial score (nSPS) is 12.2. The number of anilines is 1. The lowest BCUT2D eigenvalue weighted by Gasteiger charge is -2.13. The van der Waals surface area contributed by atoms with Crippen molar-refractivity contribution in [1.29, 1.82) is 0 Å². The first kappa shape index (κ1) is 19.9. The third-order valence-corrected chi connectivity index (χ3v) is 5.29. The van der Waals surface area contributed by atoms with E-state index in [0.717, 1.165) is 17.5 Å². The summed E-state index contributed by atoms with van der Waals surface area (Å²) in [5.41, 5.74) is 0.649. The van der Waals surface area contributed by atoms with Gasteiger partial charge in [0.25, 0.3) is 10.0 Å². The molecule has 0 spiro atoms. The molecule has 0 fully saturated rings. The minimum Gasteiger partial charge on any atom is -0.280 e. The van der Waals surface area contributed by atoms with Crippen molar-refractivity contribution < 1.29 is 26.0 Å². The summed E-state index contributed by atoms with van der Waals surface area (Å²) >= 11 is 0. The van der Waals surface area contributed by atoms with Crippen LogP contribution in [0.5, 0.6) is 0 Å². The van der Waals surface area contributed by atoms with Crippen molar-refractivity contribution in [3.63, 3.8) is 0 Å². The van der Waals surface area contributed by atoms with Gasteiger partial charge in [-0.2, -0.15) is 18.3 Å². The van der Waals surface area contributed by atoms with Crippen molar-refractivity contribution >= 4 is 15.7 Å². The number of hydrogen-bond acceptors (Lipinski definition) is 3. The first-order valence-corrected chi connectivity index (χ1v) is 9.49. The molecule has 0 bridgehead atoms. The second kappa shape index (κ2) is 6.93. The molecule has 1 N–H and O–H groups in total. The highest BCUT2D eigenvalue weighted by Gasteiger charge is 2.35. The van der Waals surface area contributed by atoms with Gasteiger partial charge in [-0.25, -0.2) is 17.5 Å². The minimum atomic E-state index is -5.01. The maximum absolute atomic E-state index is 13.4. The van der Waals surface area contributed by atoms with Gasteiger partial charge in [0.05, 0.1) is 27.5 Å². The largest absolute Gasteiger partial charge is 0.419 e. The van der Waals surface area contributed by atoms with Gasteiger partial charge < -0.3 is 0 Å². The van der Waals surface area contributed by atoms with E-state index < -0.39 is 32.5 Å². The predicted octanol–water partition coefficient (Wildman–Crippen LogP) is 4.45. The highest BCUT2D eigenvalue weighted by Crippen LogP contribution is 2.33. The fraction of sp³-hybridized carbons (Fsp3) is 0.167. The second-order valence-corrected chi connectivity index (χ2v) is 7.82. The summed E-state index contributed by atoms with van der Waals surface area (Å²) in [6.45, 7) is 3.64. The Balaban J connectivity index is 1.96. The van der Waals surface area contributed by atoms with Crippen LogP contribution in [0.4, 0.5) is 23.2 Å².